The van der Waals surface area contributed by atoms with E-state index >= 15 is 0 Å². The van der Waals surface area contributed by atoms with Crippen LogP contribution in [0.1, 0.15) is 31.2 Å². The van der Waals surface area contributed by atoms with Crippen molar-refractivity contribution in [3.05, 3.63) is 39.5 Å². The van der Waals surface area contributed by atoms with Crippen LogP contribution in [0.4, 0.5) is 13.2 Å². The fraction of sp³-hybridized carbons (Fsp3) is 0.421. The average molecular weight is 462 g/mol. The van der Waals surface area contributed by atoms with Crippen LogP contribution in [0.15, 0.2) is 30.3 Å². The van der Waals surface area contributed by atoms with Crippen LogP contribution >= 0.6 is 22.6 Å². The van der Waals surface area contributed by atoms with E-state index in [1.54, 1.807) is 0 Å². The highest BCUT2D eigenvalue weighted by Gasteiger charge is 2.41. The molecule has 1 saturated carbocycles. The number of carbonyl (C=O) groups is 1. The molecule has 0 heterocycles. The second-order valence-electron chi connectivity index (χ2n) is 6.44. The van der Waals surface area contributed by atoms with E-state index in [9.17, 15) is 18.0 Å². The fourth-order valence-electron chi connectivity index (χ4n) is 3.32. The lowest BCUT2D eigenvalue weighted by molar-refractivity contribution is -0.185. The maximum atomic E-state index is 12.8. The summed E-state index contributed by atoms with van der Waals surface area (Å²) in [6.07, 6.45) is -1.89. The summed E-state index contributed by atoms with van der Waals surface area (Å²) in [5.74, 6) is -0.481. The Kier molecular flexibility index (Phi) is 5.55. The van der Waals surface area contributed by atoms with Crippen molar-refractivity contribution in [1.82, 2.24) is 0 Å². The van der Waals surface area contributed by atoms with Gasteiger partial charge < -0.3 is 9.53 Å². The monoisotopic (exact) mass is 462 g/mol. The van der Waals surface area contributed by atoms with Crippen LogP contribution in [0, 0.1) is 9.49 Å². The molecular formula is C19H18F3IO2. The van der Waals surface area contributed by atoms with Gasteiger partial charge in [0.05, 0.1) is 15.6 Å². The summed E-state index contributed by atoms with van der Waals surface area (Å²) in [7, 11) is 0. The van der Waals surface area contributed by atoms with Crippen LogP contribution in [-0.4, -0.2) is 18.6 Å². The van der Waals surface area contributed by atoms with Crippen molar-refractivity contribution in [1.29, 1.82) is 0 Å². The average Bonchev–Trinajstić information content (AvgIpc) is 2.57. The summed E-state index contributed by atoms with van der Waals surface area (Å²) in [6, 6.07) is 9.65. The quantitative estimate of drug-likeness (QED) is 0.432. The van der Waals surface area contributed by atoms with Gasteiger partial charge in [-0.3, -0.25) is 0 Å². The molecule has 1 fully saturated rings. The third-order valence-corrected chi connectivity index (χ3v) is 5.85. The largest absolute Gasteiger partial charge is 0.489 e. The summed E-state index contributed by atoms with van der Waals surface area (Å²) >= 11 is 2.21. The molecule has 25 heavy (non-hydrogen) atoms. The van der Waals surface area contributed by atoms with E-state index in [1.165, 1.54) is 0 Å². The molecule has 2 aromatic carbocycles. The number of rotatable bonds is 4. The van der Waals surface area contributed by atoms with Crippen LogP contribution < -0.4 is 4.74 Å². The normalized spacial score (nSPS) is 21.3. The number of hydrogen-bond acceptors (Lipinski definition) is 2. The van der Waals surface area contributed by atoms with Crippen molar-refractivity contribution < 1.29 is 22.7 Å². The van der Waals surface area contributed by atoms with E-state index in [0.29, 0.717) is 25.0 Å². The molecule has 1 aliphatic rings. The van der Waals surface area contributed by atoms with Gasteiger partial charge >= 0.3 is 6.18 Å². The van der Waals surface area contributed by atoms with Gasteiger partial charge in [-0.2, -0.15) is 13.2 Å². The molecule has 0 radical (unpaired) electrons. The van der Waals surface area contributed by atoms with Gasteiger partial charge in [-0.05, 0) is 70.7 Å². The van der Waals surface area contributed by atoms with E-state index < -0.39 is 12.1 Å². The Morgan fingerprint density at radius 3 is 2.48 bits per heavy atom. The van der Waals surface area contributed by atoms with Crippen LogP contribution in [-0.2, 0) is 11.2 Å². The fourth-order valence-corrected chi connectivity index (χ4v) is 4.12. The summed E-state index contributed by atoms with van der Waals surface area (Å²) in [5, 5.41) is 2.05. The Morgan fingerprint density at radius 1 is 1.12 bits per heavy atom. The first-order valence-electron chi connectivity index (χ1n) is 8.26. The zero-order valence-electron chi connectivity index (χ0n) is 13.5. The smallest absolute Gasteiger partial charge is 0.391 e. The molecule has 0 N–H and O–H groups in total. The number of hydrogen-bond donors (Lipinski definition) is 0. The third kappa shape index (κ3) is 4.27. The minimum atomic E-state index is -4.10. The first-order valence-corrected chi connectivity index (χ1v) is 9.34. The second kappa shape index (κ2) is 7.51. The Bertz CT molecular complexity index is 765. The Morgan fingerprint density at radius 2 is 1.84 bits per heavy atom. The highest BCUT2D eigenvalue weighted by Crippen LogP contribution is 2.39. The van der Waals surface area contributed by atoms with Crippen LogP contribution in [0.25, 0.3) is 10.8 Å². The molecule has 2 nitrogen and oxygen atoms in total. The molecule has 0 saturated heterocycles. The first kappa shape index (κ1) is 18.5. The van der Waals surface area contributed by atoms with Gasteiger partial charge in [0.25, 0.3) is 0 Å². The zero-order valence-corrected chi connectivity index (χ0v) is 15.6. The standard InChI is InChI=1S/C19H18F3IO2/c20-19(21,22)14-3-5-15(6-4-14)25-17-8-2-13-11-12(9-10-24)1-7-16(13)18(17)23/h1-2,7-8,10-11,14-15H,3-6,9H2/t14-,15+. The van der Waals surface area contributed by atoms with E-state index in [2.05, 4.69) is 22.6 Å². The zero-order chi connectivity index (χ0) is 18.0. The van der Waals surface area contributed by atoms with Gasteiger partial charge in [0.2, 0.25) is 0 Å². The maximum Gasteiger partial charge on any atom is 0.391 e. The molecule has 1 aliphatic carbocycles. The van der Waals surface area contributed by atoms with E-state index in [1.807, 2.05) is 30.3 Å². The molecule has 134 valence electrons. The Hall–Kier alpha value is -1.31. The SMILES string of the molecule is O=CCc1ccc2c(I)c(O[C@H]3CC[C@@H](C(F)(F)F)CC3)ccc2c1. The van der Waals surface area contributed by atoms with Gasteiger partial charge in [0, 0.05) is 6.42 Å². The Labute approximate surface area is 157 Å². The van der Waals surface area contributed by atoms with E-state index in [-0.39, 0.29) is 18.9 Å². The second-order valence-corrected chi connectivity index (χ2v) is 7.52. The number of aldehydes is 1. The number of fused-ring (bicyclic) bond motifs is 1. The summed E-state index contributed by atoms with van der Waals surface area (Å²) in [6.45, 7) is 0. The van der Waals surface area contributed by atoms with E-state index in [4.69, 9.17) is 4.74 Å². The third-order valence-electron chi connectivity index (χ3n) is 4.73. The molecule has 0 bridgehead atoms. The predicted octanol–water partition coefficient (Wildman–Crippen LogP) is 5.69. The van der Waals surface area contributed by atoms with Gasteiger partial charge in [-0.1, -0.05) is 24.3 Å². The van der Waals surface area contributed by atoms with Crippen molar-refractivity contribution in [2.45, 2.75) is 44.4 Å². The molecule has 0 aromatic heterocycles. The summed E-state index contributed by atoms with van der Waals surface area (Å²) in [4.78, 5) is 10.6. The number of carbonyl (C=O) groups excluding carboxylic acids is 1. The lowest BCUT2D eigenvalue weighted by Crippen LogP contribution is -2.32. The molecule has 3 rings (SSSR count). The van der Waals surface area contributed by atoms with E-state index in [0.717, 1.165) is 26.2 Å². The molecule has 0 aliphatic heterocycles. The van der Waals surface area contributed by atoms with Crippen LogP contribution in [0.5, 0.6) is 5.75 Å². The molecule has 0 unspecified atom stereocenters. The number of halogens is 4. The summed E-state index contributed by atoms with van der Waals surface area (Å²) in [5.41, 5.74) is 0.956. The van der Waals surface area contributed by atoms with Crippen LogP contribution in [0.3, 0.4) is 0 Å². The first-order chi connectivity index (χ1) is 11.9. The highest BCUT2D eigenvalue weighted by atomic mass is 127. The number of benzene rings is 2. The Balaban J connectivity index is 1.73. The van der Waals surface area contributed by atoms with Gasteiger partial charge in [0.1, 0.15) is 12.0 Å². The molecule has 0 amide bonds. The molecule has 0 atom stereocenters. The lowest BCUT2D eigenvalue weighted by atomic mass is 9.87. The highest BCUT2D eigenvalue weighted by molar-refractivity contribution is 14.1. The number of alkyl halides is 3. The topological polar surface area (TPSA) is 26.3 Å². The predicted molar refractivity (Wildman–Crippen MR) is 98.9 cm³/mol. The molecule has 6 heteroatoms. The van der Waals surface area contributed by atoms with Gasteiger partial charge in [-0.15, -0.1) is 0 Å². The van der Waals surface area contributed by atoms with Crippen molar-refractivity contribution in [2.24, 2.45) is 5.92 Å². The van der Waals surface area contributed by atoms with Crippen LogP contribution in [0.2, 0.25) is 0 Å². The molecule has 2 aromatic rings. The minimum absolute atomic E-state index is 0.132. The van der Waals surface area contributed by atoms with Gasteiger partial charge in [0.15, 0.2) is 0 Å². The maximum absolute atomic E-state index is 12.8. The van der Waals surface area contributed by atoms with Gasteiger partial charge in [-0.25, -0.2) is 0 Å². The molecule has 0 spiro atoms. The number of ether oxygens (including phenoxy) is 1. The van der Waals surface area contributed by atoms with Crippen molar-refractivity contribution in [3.8, 4) is 5.75 Å². The molecular weight excluding hydrogens is 444 g/mol. The van der Waals surface area contributed by atoms with Crippen molar-refractivity contribution >= 4 is 39.6 Å². The summed E-state index contributed by atoms with van der Waals surface area (Å²) < 4.78 is 45.2. The lowest BCUT2D eigenvalue weighted by Gasteiger charge is -2.30. The van der Waals surface area contributed by atoms with Crippen molar-refractivity contribution in [2.75, 3.05) is 0 Å². The minimum Gasteiger partial charge on any atom is -0.489 e. The van der Waals surface area contributed by atoms with Crippen molar-refractivity contribution in [3.63, 3.8) is 0 Å².